The van der Waals surface area contributed by atoms with Crippen LogP contribution in [0.25, 0.3) is 0 Å². The highest BCUT2D eigenvalue weighted by Crippen LogP contribution is 2.26. The Morgan fingerprint density at radius 2 is 1.96 bits per heavy atom. The zero-order valence-electron chi connectivity index (χ0n) is 12.0. The number of aryl methyl sites for hydroxylation is 1. The molecule has 6 nitrogen and oxygen atoms in total. The van der Waals surface area contributed by atoms with Gasteiger partial charge in [0.25, 0.3) is 11.6 Å². The molecule has 0 saturated heterocycles. The van der Waals surface area contributed by atoms with Crippen LogP contribution in [0.4, 0.5) is 11.4 Å². The monoisotopic (exact) mass is 354 g/mol. The lowest BCUT2D eigenvalue weighted by molar-refractivity contribution is -0.385. The Labute approximate surface area is 142 Å². The van der Waals surface area contributed by atoms with E-state index in [1.54, 1.807) is 31.2 Å². The molecule has 120 valence electrons. The number of anilines is 1. The fraction of sp³-hybridized carbons (Fsp3) is 0.133. The van der Waals surface area contributed by atoms with Gasteiger partial charge >= 0.3 is 0 Å². The lowest BCUT2D eigenvalue weighted by atomic mass is 10.2. The molecule has 2 rings (SSSR count). The van der Waals surface area contributed by atoms with Gasteiger partial charge in [-0.1, -0.05) is 29.3 Å². The van der Waals surface area contributed by atoms with Crippen molar-refractivity contribution in [2.45, 2.75) is 6.92 Å². The highest BCUT2D eigenvalue weighted by molar-refractivity contribution is 6.42. The van der Waals surface area contributed by atoms with E-state index in [2.05, 4.69) is 5.32 Å². The Kier molecular flexibility index (Phi) is 5.41. The molecule has 23 heavy (non-hydrogen) atoms. The van der Waals surface area contributed by atoms with Crippen LogP contribution in [-0.2, 0) is 4.79 Å². The zero-order chi connectivity index (χ0) is 17.0. The third kappa shape index (κ3) is 4.58. The molecule has 0 aliphatic rings. The van der Waals surface area contributed by atoms with Crippen LogP contribution >= 0.6 is 23.2 Å². The molecule has 8 heteroatoms. The number of benzene rings is 2. The fourth-order valence-electron chi connectivity index (χ4n) is 1.80. The summed E-state index contributed by atoms with van der Waals surface area (Å²) in [5, 5.41) is 14.1. The number of halogens is 2. The molecular weight excluding hydrogens is 343 g/mol. The molecule has 0 aromatic heterocycles. The quantitative estimate of drug-likeness (QED) is 0.643. The summed E-state index contributed by atoms with van der Waals surface area (Å²) in [5.41, 5.74) is 0.776. The van der Waals surface area contributed by atoms with Crippen LogP contribution in [-0.4, -0.2) is 17.4 Å². The van der Waals surface area contributed by atoms with E-state index < -0.39 is 10.8 Å². The van der Waals surface area contributed by atoms with Crippen molar-refractivity contribution in [1.29, 1.82) is 0 Å². The molecule has 0 bridgehead atoms. The zero-order valence-corrected chi connectivity index (χ0v) is 13.5. The van der Waals surface area contributed by atoms with Gasteiger partial charge in [-0.25, -0.2) is 0 Å². The van der Waals surface area contributed by atoms with E-state index in [1.165, 1.54) is 12.1 Å². The minimum Gasteiger partial charge on any atom is -0.484 e. The van der Waals surface area contributed by atoms with E-state index >= 15 is 0 Å². The van der Waals surface area contributed by atoms with Crippen LogP contribution < -0.4 is 10.1 Å². The van der Waals surface area contributed by atoms with Crippen LogP contribution in [0, 0.1) is 17.0 Å². The van der Waals surface area contributed by atoms with Crippen molar-refractivity contribution in [3.05, 3.63) is 62.1 Å². The van der Waals surface area contributed by atoms with Gasteiger partial charge in [-0.05, 0) is 25.1 Å². The Morgan fingerprint density at radius 1 is 1.22 bits per heavy atom. The number of rotatable bonds is 5. The van der Waals surface area contributed by atoms with Crippen LogP contribution in [0.1, 0.15) is 5.56 Å². The maximum atomic E-state index is 11.8. The minimum atomic E-state index is -0.503. The number of hydrogen-bond donors (Lipinski definition) is 1. The summed E-state index contributed by atoms with van der Waals surface area (Å²) in [4.78, 5) is 22.2. The molecule has 0 spiro atoms. The van der Waals surface area contributed by atoms with E-state index in [0.717, 1.165) is 0 Å². The Balaban J connectivity index is 1.98. The van der Waals surface area contributed by atoms with Crippen LogP contribution in [0.5, 0.6) is 5.75 Å². The summed E-state index contributed by atoms with van der Waals surface area (Å²) in [6, 6.07) is 9.08. The molecule has 0 unspecified atom stereocenters. The smallest absolute Gasteiger partial charge is 0.274 e. The van der Waals surface area contributed by atoms with Gasteiger partial charge in [-0.3, -0.25) is 14.9 Å². The molecule has 0 saturated carbocycles. The number of nitrogens with one attached hydrogen (secondary N) is 1. The predicted molar refractivity (Wildman–Crippen MR) is 88.4 cm³/mol. The van der Waals surface area contributed by atoms with Crippen LogP contribution in [0.15, 0.2) is 36.4 Å². The summed E-state index contributed by atoms with van der Waals surface area (Å²) in [7, 11) is 0. The molecule has 0 aliphatic heterocycles. The molecule has 2 aromatic carbocycles. The molecule has 0 heterocycles. The van der Waals surface area contributed by atoms with Gasteiger partial charge in [0.2, 0.25) is 0 Å². The van der Waals surface area contributed by atoms with Crippen LogP contribution in [0.3, 0.4) is 0 Å². The highest BCUT2D eigenvalue weighted by atomic mass is 35.5. The highest BCUT2D eigenvalue weighted by Gasteiger charge is 2.12. The number of ether oxygens (including phenoxy) is 1. The molecular formula is C15H12Cl2N2O4. The normalized spacial score (nSPS) is 10.2. The van der Waals surface area contributed by atoms with Gasteiger partial charge < -0.3 is 10.1 Å². The van der Waals surface area contributed by atoms with Crippen molar-refractivity contribution in [1.82, 2.24) is 0 Å². The first-order chi connectivity index (χ1) is 10.9. The maximum absolute atomic E-state index is 11.8. The molecule has 1 amide bonds. The second kappa shape index (κ2) is 7.30. The van der Waals surface area contributed by atoms with Crippen molar-refractivity contribution in [3.8, 4) is 5.75 Å². The summed E-state index contributed by atoms with van der Waals surface area (Å²) in [5.74, 6) is -0.0568. The first-order valence-corrected chi connectivity index (χ1v) is 7.25. The van der Waals surface area contributed by atoms with E-state index in [1.807, 2.05) is 0 Å². The third-order valence-electron chi connectivity index (χ3n) is 2.95. The van der Waals surface area contributed by atoms with E-state index in [0.29, 0.717) is 27.0 Å². The SMILES string of the molecule is Cc1ccc(NC(=O)COc2ccc(Cl)c(Cl)c2)cc1[N+](=O)[O-]. The lowest BCUT2D eigenvalue weighted by Crippen LogP contribution is -2.20. The molecule has 0 atom stereocenters. The van der Waals surface area contributed by atoms with Gasteiger partial charge in [-0.15, -0.1) is 0 Å². The number of amides is 1. The van der Waals surface area contributed by atoms with Crippen LogP contribution in [0.2, 0.25) is 10.0 Å². The van der Waals surface area contributed by atoms with Crippen molar-refractivity contribution in [2.24, 2.45) is 0 Å². The molecule has 2 aromatic rings. The van der Waals surface area contributed by atoms with Gasteiger partial charge in [0.05, 0.1) is 15.0 Å². The first-order valence-electron chi connectivity index (χ1n) is 6.49. The number of hydrogen-bond acceptors (Lipinski definition) is 4. The van der Waals surface area contributed by atoms with Gasteiger partial charge in [0.15, 0.2) is 6.61 Å². The van der Waals surface area contributed by atoms with Gasteiger partial charge in [-0.2, -0.15) is 0 Å². The fourth-order valence-corrected chi connectivity index (χ4v) is 2.08. The number of nitro benzene ring substituents is 1. The second-order valence-electron chi connectivity index (χ2n) is 4.67. The number of carbonyl (C=O) groups excluding carboxylic acids is 1. The molecule has 0 aliphatic carbocycles. The lowest BCUT2D eigenvalue weighted by Gasteiger charge is -2.08. The minimum absolute atomic E-state index is 0.0619. The van der Waals surface area contributed by atoms with E-state index in [-0.39, 0.29) is 12.3 Å². The molecule has 0 radical (unpaired) electrons. The van der Waals surface area contributed by atoms with Gasteiger partial charge in [0.1, 0.15) is 5.75 Å². The average Bonchev–Trinajstić information content (AvgIpc) is 2.50. The largest absolute Gasteiger partial charge is 0.484 e. The standard InChI is InChI=1S/C15H12Cl2N2O4/c1-9-2-3-10(6-14(9)19(21)22)18-15(20)8-23-11-4-5-12(16)13(17)7-11/h2-7H,8H2,1H3,(H,18,20). The van der Waals surface area contributed by atoms with E-state index in [9.17, 15) is 14.9 Å². The third-order valence-corrected chi connectivity index (χ3v) is 3.69. The van der Waals surface area contributed by atoms with Gasteiger partial charge in [0, 0.05) is 23.4 Å². The summed E-state index contributed by atoms with van der Waals surface area (Å²) in [6.07, 6.45) is 0. The Bertz CT molecular complexity index is 765. The summed E-state index contributed by atoms with van der Waals surface area (Å²) < 4.78 is 5.29. The van der Waals surface area contributed by atoms with Crippen molar-refractivity contribution < 1.29 is 14.5 Å². The van der Waals surface area contributed by atoms with Crippen molar-refractivity contribution in [2.75, 3.05) is 11.9 Å². The summed E-state index contributed by atoms with van der Waals surface area (Å²) in [6.45, 7) is 1.36. The number of carbonyl (C=O) groups is 1. The number of nitrogens with zero attached hydrogens (tertiary/aromatic N) is 1. The second-order valence-corrected chi connectivity index (χ2v) is 5.49. The summed E-state index contributed by atoms with van der Waals surface area (Å²) >= 11 is 11.6. The van der Waals surface area contributed by atoms with Crippen molar-refractivity contribution >= 4 is 40.5 Å². The molecule has 0 fully saturated rings. The first kappa shape index (κ1) is 17.1. The Morgan fingerprint density at radius 3 is 2.61 bits per heavy atom. The molecule has 1 N–H and O–H groups in total. The van der Waals surface area contributed by atoms with E-state index in [4.69, 9.17) is 27.9 Å². The average molecular weight is 355 g/mol. The maximum Gasteiger partial charge on any atom is 0.274 e. The topological polar surface area (TPSA) is 81.5 Å². The predicted octanol–water partition coefficient (Wildman–Crippen LogP) is 4.23. The Hall–Kier alpha value is -2.31. The van der Waals surface area contributed by atoms with Crippen molar-refractivity contribution in [3.63, 3.8) is 0 Å². The number of nitro groups is 1.